The molecule has 4 nitrogen and oxygen atoms in total. The summed E-state index contributed by atoms with van der Waals surface area (Å²) in [6.45, 7) is -0.139. The number of halogens is 6. The van der Waals surface area contributed by atoms with Crippen LogP contribution in [0.2, 0.25) is 0 Å². The lowest BCUT2D eigenvalue weighted by molar-refractivity contribution is -0.293. The number of rotatable bonds is 6. The van der Waals surface area contributed by atoms with Crippen LogP contribution in [0.1, 0.15) is 23.3 Å². The molecule has 1 aliphatic rings. The van der Waals surface area contributed by atoms with Crippen LogP contribution in [-0.4, -0.2) is 34.6 Å². The maximum Gasteiger partial charge on any atom is 0.443 e. The van der Waals surface area contributed by atoms with Gasteiger partial charge in [0.2, 0.25) is 0 Å². The maximum atomic E-state index is 14.1. The number of benzene rings is 2. The Labute approximate surface area is 191 Å². The van der Waals surface area contributed by atoms with Crippen molar-refractivity contribution in [2.75, 3.05) is 0 Å². The first-order chi connectivity index (χ1) is 16.1. The van der Waals surface area contributed by atoms with E-state index in [1.165, 1.54) is 35.4 Å². The van der Waals surface area contributed by atoms with Gasteiger partial charge in [-0.3, -0.25) is 0 Å². The quantitative estimate of drug-likeness (QED) is 0.384. The van der Waals surface area contributed by atoms with Gasteiger partial charge in [-0.15, -0.1) is 0 Å². The number of alkyl halides is 6. The second kappa shape index (κ2) is 9.00. The molecule has 0 amide bonds. The van der Waals surface area contributed by atoms with Gasteiger partial charge in [0.1, 0.15) is 17.4 Å². The second-order valence-corrected chi connectivity index (χ2v) is 7.65. The van der Waals surface area contributed by atoms with E-state index < -0.39 is 23.9 Å². The average Bonchev–Trinajstić information content (AvgIpc) is 3.31. The van der Waals surface area contributed by atoms with Gasteiger partial charge in [-0.25, -0.2) is 9.98 Å². The molecule has 0 spiro atoms. The standard InChI is InChI=1S/C24H19F6N3O/c25-23(26,27)22(24(28,29)30)31-20(14-13-17-8-3-1-4-9-17)33(16-19-12-7-15-34-19)21(32-22)18-10-5-2-6-11-18/h1-12,15H,13-14,16H2. The van der Waals surface area contributed by atoms with Gasteiger partial charge >= 0.3 is 18.0 Å². The van der Waals surface area contributed by atoms with Crippen molar-refractivity contribution in [2.45, 2.75) is 37.4 Å². The van der Waals surface area contributed by atoms with Crippen molar-refractivity contribution >= 4 is 11.7 Å². The van der Waals surface area contributed by atoms with Crippen LogP contribution >= 0.6 is 0 Å². The molecule has 0 aliphatic carbocycles. The summed E-state index contributed by atoms with van der Waals surface area (Å²) in [6, 6.07) is 19.3. The van der Waals surface area contributed by atoms with E-state index in [0.717, 1.165) is 5.56 Å². The molecule has 0 fully saturated rings. The smallest absolute Gasteiger partial charge is 0.443 e. The lowest BCUT2D eigenvalue weighted by Crippen LogP contribution is -2.59. The average molecular weight is 479 g/mol. The number of aryl methyl sites for hydroxylation is 1. The van der Waals surface area contributed by atoms with E-state index >= 15 is 0 Å². The number of hydrogen-bond donors (Lipinski definition) is 0. The predicted molar refractivity (Wildman–Crippen MR) is 114 cm³/mol. The molecule has 2 heterocycles. The highest BCUT2D eigenvalue weighted by atomic mass is 19.4. The fourth-order valence-corrected chi connectivity index (χ4v) is 3.65. The Morgan fingerprint density at radius 3 is 1.91 bits per heavy atom. The summed E-state index contributed by atoms with van der Waals surface area (Å²) < 4.78 is 89.6. The van der Waals surface area contributed by atoms with E-state index in [0.29, 0.717) is 5.76 Å². The first kappa shape index (κ1) is 23.6. The van der Waals surface area contributed by atoms with E-state index in [1.807, 2.05) is 0 Å². The van der Waals surface area contributed by atoms with E-state index in [1.54, 1.807) is 48.5 Å². The Morgan fingerprint density at radius 1 is 0.735 bits per heavy atom. The second-order valence-electron chi connectivity index (χ2n) is 7.65. The molecule has 0 N–H and O–H groups in total. The van der Waals surface area contributed by atoms with Gasteiger partial charge in [-0.05, 0) is 24.1 Å². The molecule has 4 rings (SSSR count). The fraction of sp³-hybridized carbons (Fsp3) is 0.250. The predicted octanol–water partition coefficient (Wildman–Crippen LogP) is 6.39. The summed E-state index contributed by atoms with van der Waals surface area (Å²) >= 11 is 0. The lowest BCUT2D eigenvalue weighted by atomic mass is 10.0. The van der Waals surface area contributed by atoms with Gasteiger partial charge in [-0.1, -0.05) is 60.7 Å². The van der Waals surface area contributed by atoms with Crippen LogP contribution in [0.25, 0.3) is 0 Å². The first-order valence-electron chi connectivity index (χ1n) is 10.3. The zero-order chi connectivity index (χ0) is 24.4. The fourth-order valence-electron chi connectivity index (χ4n) is 3.65. The van der Waals surface area contributed by atoms with Crippen LogP contribution in [0.3, 0.4) is 0 Å². The van der Waals surface area contributed by atoms with Gasteiger partial charge < -0.3 is 9.32 Å². The molecule has 0 saturated heterocycles. The molecule has 178 valence electrons. The largest absolute Gasteiger partial charge is 0.467 e. The Kier molecular flexibility index (Phi) is 6.24. The van der Waals surface area contributed by atoms with Gasteiger partial charge in [-0.2, -0.15) is 26.3 Å². The Hall–Kier alpha value is -3.56. The van der Waals surface area contributed by atoms with Crippen LogP contribution in [0.4, 0.5) is 26.3 Å². The number of furan rings is 1. The van der Waals surface area contributed by atoms with Crippen LogP contribution in [-0.2, 0) is 13.0 Å². The molecule has 0 saturated carbocycles. The summed E-state index contributed by atoms with van der Waals surface area (Å²) in [5.41, 5.74) is -3.77. The number of amidine groups is 2. The van der Waals surface area contributed by atoms with E-state index in [4.69, 9.17) is 4.42 Å². The molecular formula is C24H19F6N3O. The normalized spacial score (nSPS) is 16.2. The molecule has 2 aromatic carbocycles. The summed E-state index contributed by atoms with van der Waals surface area (Å²) in [5, 5.41) is 0. The Bertz CT molecular complexity index is 1140. The summed E-state index contributed by atoms with van der Waals surface area (Å²) in [4.78, 5) is 7.79. The van der Waals surface area contributed by atoms with Crippen molar-refractivity contribution in [2.24, 2.45) is 9.98 Å². The van der Waals surface area contributed by atoms with Gasteiger partial charge in [0.05, 0.1) is 12.8 Å². The van der Waals surface area contributed by atoms with Crippen LogP contribution in [0.5, 0.6) is 0 Å². The monoisotopic (exact) mass is 479 g/mol. The van der Waals surface area contributed by atoms with E-state index in [2.05, 4.69) is 9.98 Å². The van der Waals surface area contributed by atoms with Crippen molar-refractivity contribution in [1.82, 2.24) is 4.90 Å². The molecule has 1 aliphatic heterocycles. The van der Waals surface area contributed by atoms with E-state index in [9.17, 15) is 26.3 Å². The number of nitrogens with zero attached hydrogens (tertiary/aromatic N) is 3. The molecular weight excluding hydrogens is 460 g/mol. The highest BCUT2D eigenvalue weighted by Crippen LogP contribution is 2.49. The third-order valence-electron chi connectivity index (χ3n) is 5.32. The Morgan fingerprint density at radius 2 is 1.35 bits per heavy atom. The highest BCUT2D eigenvalue weighted by Gasteiger charge is 2.73. The molecule has 0 bridgehead atoms. The zero-order valence-electron chi connectivity index (χ0n) is 17.6. The topological polar surface area (TPSA) is 41.1 Å². The minimum atomic E-state index is -5.81. The molecule has 0 radical (unpaired) electrons. The Balaban J connectivity index is 1.88. The minimum Gasteiger partial charge on any atom is -0.467 e. The molecule has 0 unspecified atom stereocenters. The molecule has 10 heteroatoms. The van der Waals surface area contributed by atoms with Crippen molar-refractivity contribution in [3.8, 4) is 0 Å². The van der Waals surface area contributed by atoms with Crippen molar-refractivity contribution in [3.63, 3.8) is 0 Å². The van der Waals surface area contributed by atoms with Crippen molar-refractivity contribution < 1.29 is 30.8 Å². The summed E-state index contributed by atoms with van der Waals surface area (Å²) in [6.07, 6.45) is -10.2. The molecule has 1 aromatic heterocycles. The molecule has 34 heavy (non-hydrogen) atoms. The van der Waals surface area contributed by atoms with Gasteiger partial charge in [0.15, 0.2) is 0 Å². The molecule has 3 aromatic rings. The van der Waals surface area contributed by atoms with Crippen LogP contribution in [0.15, 0.2) is 93.5 Å². The van der Waals surface area contributed by atoms with Crippen LogP contribution in [0, 0.1) is 0 Å². The SMILES string of the molecule is FC(F)(F)C1(C(F)(F)F)N=C(CCc2ccccc2)N(Cc2ccco2)C(c2ccccc2)=N1. The number of hydrogen-bond acceptors (Lipinski definition) is 4. The first-order valence-corrected chi connectivity index (χ1v) is 10.3. The summed E-state index contributed by atoms with van der Waals surface area (Å²) in [7, 11) is 0. The van der Waals surface area contributed by atoms with E-state index in [-0.39, 0.29) is 30.8 Å². The maximum absolute atomic E-state index is 14.1. The lowest BCUT2D eigenvalue weighted by Gasteiger charge is -2.39. The van der Waals surface area contributed by atoms with Gasteiger partial charge in [0, 0.05) is 12.0 Å². The third-order valence-corrected chi connectivity index (χ3v) is 5.32. The van der Waals surface area contributed by atoms with Gasteiger partial charge in [0.25, 0.3) is 0 Å². The third kappa shape index (κ3) is 4.57. The minimum absolute atomic E-state index is 0.0963. The highest BCUT2D eigenvalue weighted by molar-refractivity contribution is 6.10. The van der Waals surface area contributed by atoms with Crippen molar-refractivity contribution in [3.05, 3.63) is 95.9 Å². The van der Waals surface area contributed by atoms with Crippen LogP contribution < -0.4 is 0 Å². The molecule has 0 atom stereocenters. The summed E-state index contributed by atoms with van der Waals surface area (Å²) in [5.74, 6) is -0.531. The van der Waals surface area contributed by atoms with Crippen molar-refractivity contribution in [1.29, 1.82) is 0 Å². The number of aliphatic imine (C=N–C) groups is 2. The zero-order valence-corrected chi connectivity index (χ0v) is 17.6.